The van der Waals surface area contributed by atoms with E-state index in [1.807, 2.05) is 18.2 Å². The van der Waals surface area contributed by atoms with E-state index in [0.29, 0.717) is 25.3 Å². The molecule has 1 aliphatic heterocycles. The first-order valence-electron chi connectivity index (χ1n) is 7.53. The minimum atomic E-state index is -0.844. The van der Waals surface area contributed by atoms with Crippen LogP contribution in [0.3, 0.4) is 0 Å². The summed E-state index contributed by atoms with van der Waals surface area (Å²) in [5.41, 5.74) is 15.3. The van der Waals surface area contributed by atoms with Crippen LogP contribution in [-0.4, -0.2) is 12.0 Å². The van der Waals surface area contributed by atoms with Crippen molar-refractivity contribution >= 4 is 49.5 Å². The summed E-state index contributed by atoms with van der Waals surface area (Å²) in [6, 6.07) is 7.79. The average molecular weight is 589 g/mol. The fourth-order valence-corrected chi connectivity index (χ4v) is 2.31. The third-order valence-corrected chi connectivity index (χ3v) is 3.51. The number of fused-ring (bicyclic) bond motifs is 2. The van der Waals surface area contributed by atoms with Crippen molar-refractivity contribution in [1.29, 1.82) is 0 Å². The van der Waals surface area contributed by atoms with Crippen LogP contribution < -0.4 is 5.63 Å². The molecule has 0 saturated carbocycles. The van der Waals surface area contributed by atoms with Crippen molar-refractivity contribution in [2.75, 3.05) is 0 Å². The number of nitrogens with one attached hydrogen (secondary N) is 2. The molecular weight excluding hydrogens is 574 g/mol. The zero-order valence-corrected chi connectivity index (χ0v) is 18.4. The quantitative estimate of drug-likeness (QED) is 0.217. The zero-order chi connectivity index (χ0) is 19.8. The third kappa shape index (κ3) is 6.26. The first kappa shape index (κ1) is 21.8. The summed E-state index contributed by atoms with van der Waals surface area (Å²) in [6.07, 6.45) is 7.97. The van der Waals surface area contributed by atoms with Crippen LogP contribution >= 0.6 is 26.9 Å². The van der Waals surface area contributed by atoms with Gasteiger partial charge in [-0.05, 0) is 30.2 Å². The molecule has 0 radical (unpaired) electrons. The van der Waals surface area contributed by atoms with Gasteiger partial charge in [-0.25, -0.2) is 4.79 Å². The van der Waals surface area contributed by atoms with Gasteiger partial charge in [0, 0.05) is 5.39 Å². The van der Waals surface area contributed by atoms with Gasteiger partial charge in [-0.1, -0.05) is 48.2 Å². The Kier molecular flexibility index (Phi) is 8.67. The van der Waals surface area contributed by atoms with E-state index in [9.17, 15) is 9.59 Å². The SMILES string of the molecule is [Br][Pd][Br].[NH-]C1C=C2CC=CC=C2OC1=O.[NH-]c1cc2ccccc2oc1=O. The van der Waals surface area contributed by atoms with Crippen molar-refractivity contribution < 1.29 is 27.9 Å². The Hall–Kier alpha value is -1.50. The molecule has 2 heterocycles. The Morgan fingerprint density at radius 2 is 1.89 bits per heavy atom. The number of hydrogen-bond donors (Lipinski definition) is 0. The van der Waals surface area contributed by atoms with Gasteiger partial charge in [-0.15, -0.1) is 0 Å². The molecule has 1 unspecified atom stereocenters. The smallest absolute Gasteiger partial charge is 0.320 e. The molecular formula is C18H14Br2N2O4Pd-2. The number of allylic oxidation sites excluding steroid dienone is 4. The number of ether oxygens (including phenoxy) is 1. The second-order valence-corrected chi connectivity index (χ2v) is 12.5. The van der Waals surface area contributed by atoms with Gasteiger partial charge in [-0.2, -0.15) is 0 Å². The van der Waals surface area contributed by atoms with Crippen molar-refractivity contribution in [3.63, 3.8) is 0 Å². The number of carbonyl (C=O) groups is 1. The van der Waals surface area contributed by atoms with Gasteiger partial charge in [0.05, 0.1) is 0 Å². The van der Waals surface area contributed by atoms with Crippen LogP contribution in [0.2, 0.25) is 0 Å². The van der Waals surface area contributed by atoms with Gasteiger partial charge < -0.3 is 20.6 Å². The molecule has 9 heteroatoms. The van der Waals surface area contributed by atoms with Crippen LogP contribution in [-0.2, 0) is 23.5 Å². The molecule has 2 aromatic rings. The standard InChI is InChI=1S/C9H8NO2.C9H6NO2.2BrH.Pd/c2*10-7-5-6-3-1-2-4-8(6)12-9(7)11;;;/h1-2,4-5,7,10H,3H2;1-5,10H;2*1H;/q2*-1;;;+2/p-2. The summed E-state index contributed by atoms with van der Waals surface area (Å²) in [4.78, 5) is 21.8. The maximum atomic E-state index is 10.9. The van der Waals surface area contributed by atoms with E-state index >= 15 is 0 Å². The Labute approximate surface area is 176 Å². The van der Waals surface area contributed by atoms with Crippen LogP contribution in [0.4, 0.5) is 5.69 Å². The van der Waals surface area contributed by atoms with E-state index in [-0.39, 0.29) is 5.69 Å². The van der Waals surface area contributed by atoms with Gasteiger partial charge in [0.25, 0.3) is 5.97 Å². The maximum Gasteiger partial charge on any atom is 0.320 e. The number of hydrogen-bond acceptors (Lipinski definition) is 4. The summed E-state index contributed by atoms with van der Waals surface area (Å²) in [6.45, 7) is 0. The summed E-state index contributed by atoms with van der Waals surface area (Å²) in [5, 5.41) is 0.780. The van der Waals surface area contributed by atoms with Crippen LogP contribution in [0.1, 0.15) is 6.42 Å². The molecule has 0 amide bonds. The van der Waals surface area contributed by atoms with Crippen molar-refractivity contribution in [3.8, 4) is 0 Å². The molecule has 2 N–H and O–H groups in total. The molecule has 0 fully saturated rings. The molecule has 4 rings (SSSR count). The monoisotopic (exact) mass is 586 g/mol. The minimum Gasteiger partial charge on any atom is -0.693 e. The van der Waals surface area contributed by atoms with Crippen LogP contribution in [0, 0.1) is 0 Å². The molecule has 0 spiro atoms. The van der Waals surface area contributed by atoms with Crippen LogP contribution in [0.25, 0.3) is 22.4 Å². The Bertz CT molecular complexity index is 969. The molecule has 146 valence electrons. The predicted molar refractivity (Wildman–Crippen MR) is 108 cm³/mol. The minimum absolute atomic E-state index is 0.103. The third-order valence-electron chi connectivity index (χ3n) is 3.51. The number of para-hydroxylation sites is 1. The predicted octanol–water partition coefficient (Wildman–Crippen LogP) is 5.90. The Balaban J connectivity index is 0.000000170. The molecule has 0 bridgehead atoms. The molecule has 1 atom stereocenters. The summed E-state index contributed by atoms with van der Waals surface area (Å²) >= 11 is 6.80. The number of benzene rings is 1. The van der Waals surface area contributed by atoms with Crippen molar-refractivity contribution in [3.05, 3.63) is 87.9 Å². The van der Waals surface area contributed by atoms with E-state index in [1.54, 1.807) is 30.4 Å². The van der Waals surface area contributed by atoms with E-state index in [4.69, 9.17) is 20.6 Å². The van der Waals surface area contributed by atoms with Crippen molar-refractivity contribution in [1.82, 2.24) is 0 Å². The molecule has 27 heavy (non-hydrogen) atoms. The fourth-order valence-electron chi connectivity index (χ4n) is 2.31. The Morgan fingerprint density at radius 1 is 1.19 bits per heavy atom. The normalized spacial score (nSPS) is 17.4. The van der Waals surface area contributed by atoms with Gasteiger partial charge in [-0.3, -0.25) is 4.79 Å². The van der Waals surface area contributed by atoms with Gasteiger partial charge in [0.2, 0.25) is 0 Å². The molecule has 0 saturated heterocycles. The Morgan fingerprint density at radius 3 is 2.63 bits per heavy atom. The number of carbonyl (C=O) groups excluding carboxylic acids is 1. The largest absolute Gasteiger partial charge is 0.693 e. The van der Waals surface area contributed by atoms with Crippen molar-refractivity contribution in [2.45, 2.75) is 12.5 Å². The number of esters is 1. The van der Waals surface area contributed by atoms with E-state index in [2.05, 4.69) is 26.9 Å². The first-order valence-corrected chi connectivity index (χ1v) is 14.6. The summed E-state index contributed by atoms with van der Waals surface area (Å²) < 4.78 is 9.77. The summed E-state index contributed by atoms with van der Waals surface area (Å²) in [5.74, 6) is 0.117. The second kappa shape index (κ2) is 10.7. The van der Waals surface area contributed by atoms with Crippen LogP contribution in [0.5, 0.6) is 0 Å². The van der Waals surface area contributed by atoms with Crippen LogP contribution in [0.15, 0.2) is 75.2 Å². The summed E-state index contributed by atoms with van der Waals surface area (Å²) in [7, 11) is 0. The number of halogens is 2. The number of rotatable bonds is 0. The zero-order valence-electron chi connectivity index (χ0n) is 13.7. The fraction of sp³-hybridized carbons (Fsp3) is 0.111. The molecule has 2 aliphatic rings. The first-order chi connectivity index (χ1) is 13.0. The molecule has 6 nitrogen and oxygen atoms in total. The van der Waals surface area contributed by atoms with Crippen molar-refractivity contribution in [2.24, 2.45) is 0 Å². The van der Waals surface area contributed by atoms with Gasteiger partial charge >= 0.3 is 46.4 Å². The van der Waals surface area contributed by atoms with E-state index in [1.165, 1.54) is 6.07 Å². The molecule has 1 aromatic carbocycles. The van der Waals surface area contributed by atoms with E-state index in [0.717, 1.165) is 17.4 Å². The average Bonchev–Trinajstić information content (AvgIpc) is 2.65. The van der Waals surface area contributed by atoms with E-state index < -0.39 is 17.6 Å². The van der Waals surface area contributed by atoms with Gasteiger partial charge in [0.15, 0.2) is 0 Å². The van der Waals surface area contributed by atoms with Gasteiger partial charge in [0.1, 0.15) is 11.3 Å². The second-order valence-electron chi connectivity index (χ2n) is 5.28. The molecule has 1 aliphatic carbocycles. The topological polar surface area (TPSA) is 104 Å². The molecule has 1 aromatic heterocycles. The maximum absolute atomic E-state index is 10.9.